The molecule has 0 radical (unpaired) electrons. The summed E-state index contributed by atoms with van der Waals surface area (Å²) in [5, 5.41) is 22.1. The van der Waals surface area contributed by atoms with E-state index >= 15 is 0 Å². The number of carbonyl (C=O) groups excluding carboxylic acids is 1. The quantitative estimate of drug-likeness (QED) is 0.450. The van der Waals surface area contributed by atoms with Crippen molar-refractivity contribution < 1.29 is 29.3 Å². The first-order valence-electron chi connectivity index (χ1n) is 11.5. The van der Waals surface area contributed by atoms with Gasteiger partial charge < -0.3 is 25.0 Å². The molecule has 0 spiro atoms. The summed E-state index contributed by atoms with van der Waals surface area (Å²) in [5.41, 5.74) is 1.65. The molecule has 0 aromatic heterocycles. The summed E-state index contributed by atoms with van der Waals surface area (Å²) in [6.45, 7) is 4.26. The van der Waals surface area contributed by atoms with Crippen molar-refractivity contribution in [3.8, 4) is 5.75 Å². The molecule has 8 heteroatoms. The summed E-state index contributed by atoms with van der Waals surface area (Å²) in [6, 6.07) is 12.8. The van der Waals surface area contributed by atoms with Crippen molar-refractivity contribution in [2.75, 3.05) is 13.2 Å². The number of carbonyl (C=O) groups is 2. The number of hydrogen-bond donors (Lipinski definition) is 3. The van der Waals surface area contributed by atoms with E-state index in [1.165, 1.54) is 0 Å². The lowest BCUT2D eigenvalue weighted by Crippen LogP contribution is -2.51. The number of aliphatic hydroxyl groups is 1. The Kier molecular flexibility index (Phi) is 8.94. The second-order valence-electron chi connectivity index (χ2n) is 8.95. The molecule has 7 nitrogen and oxygen atoms in total. The number of rotatable bonds is 10. The maximum atomic E-state index is 12.4. The van der Waals surface area contributed by atoms with Crippen molar-refractivity contribution in [1.82, 2.24) is 5.32 Å². The first-order valence-corrected chi connectivity index (χ1v) is 11.9. The fourth-order valence-electron chi connectivity index (χ4n) is 4.36. The van der Waals surface area contributed by atoms with Crippen molar-refractivity contribution in [1.29, 1.82) is 0 Å². The number of halogens is 1. The second-order valence-corrected chi connectivity index (χ2v) is 9.39. The molecule has 0 saturated carbocycles. The molecule has 0 bridgehead atoms. The topological polar surface area (TPSA) is 105 Å². The summed E-state index contributed by atoms with van der Waals surface area (Å²) in [5.74, 6) is -0.523. The van der Waals surface area contributed by atoms with Gasteiger partial charge in [0.1, 0.15) is 5.75 Å². The van der Waals surface area contributed by atoms with Crippen molar-refractivity contribution in [3.05, 3.63) is 64.2 Å². The summed E-state index contributed by atoms with van der Waals surface area (Å²) >= 11 is 6.24. The molecule has 0 unspecified atom stereocenters. The van der Waals surface area contributed by atoms with E-state index < -0.39 is 17.6 Å². The van der Waals surface area contributed by atoms with Gasteiger partial charge in [-0.2, -0.15) is 0 Å². The number of benzene rings is 2. The number of hydrogen-bond acceptors (Lipinski definition) is 5. The van der Waals surface area contributed by atoms with Crippen LogP contribution in [0.4, 0.5) is 0 Å². The maximum absolute atomic E-state index is 12.4. The van der Waals surface area contributed by atoms with E-state index in [2.05, 4.69) is 5.32 Å². The molecule has 184 valence electrons. The van der Waals surface area contributed by atoms with Crippen LogP contribution in [0.2, 0.25) is 5.02 Å². The highest BCUT2D eigenvalue weighted by atomic mass is 35.5. The van der Waals surface area contributed by atoms with Crippen molar-refractivity contribution in [2.45, 2.75) is 63.7 Å². The SMILES string of the molecule is CCCOc1ccc(CC(=O)O)cc1[C@H]1C[C@](C)(NC(=O)CCO)C[C@@H](c2cccc(Cl)c2)O1. The predicted octanol–water partition coefficient (Wildman–Crippen LogP) is 4.61. The number of carboxylic acids is 1. The van der Waals surface area contributed by atoms with Crippen molar-refractivity contribution >= 4 is 23.5 Å². The zero-order chi connectivity index (χ0) is 24.7. The molecule has 1 saturated heterocycles. The van der Waals surface area contributed by atoms with Crippen LogP contribution in [0.25, 0.3) is 0 Å². The minimum absolute atomic E-state index is 0.0158. The maximum Gasteiger partial charge on any atom is 0.307 e. The van der Waals surface area contributed by atoms with E-state index in [4.69, 9.17) is 21.1 Å². The van der Waals surface area contributed by atoms with E-state index in [9.17, 15) is 19.8 Å². The molecule has 3 atom stereocenters. The molecule has 34 heavy (non-hydrogen) atoms. The van der Waals surface area contributed by atoms with Gasteiger partial charge in [0, 0.05) is 35.4 Å². The summed E-state index contributed by atoms with van der Waals surface area (Å²) in [7, 11) is 0. The Morgan fingerprint density at radius 1 is 1.21 bits per heavy atom. The van der Waals surface area contributed by atoms with E-state index in [-0.39, 0.29) is 31.5 Å². The van der Waals surface area contributed by atoms with Gasteiger partial charge in [0.2, 0.25) is 5.91 Å². The Hall–Kier alpha value is -2.61. The Balaban J connectivity index is 2.01. The number of carboxylic acid groups (broad SMARTS) is 1. The largest absolute Gasteiger partial charge is 0.493 e. The molecular weight excluding hydrogens is 458 g/mol. The van der Waals surface area contributed by atoms with Crippen LogP contribution in [0.5, 0.6) is 5.75 Å². The highest BCUT2D eigenvalue weighted by Crippen LogP contribution is 2.46. The van der Waals surface area contributed by atoms with Gasteiger partial charge >= 0.3 is 5.97 Å². The molecule has 3 rings (SSSR count). The van der Waals surface area contributed by atoms with Crippen LogP contribution in [0, 0.1) is 0 Å². The molecule has 1 amide bonds. The molecule has 2 aromatic carbocycles. The zero-order valence-electron chi connectivity index (χ0n) is 19.6. The van der Waals surface area contributed by atoms with Gasteiger partial charge in [0.15, 0.2) is 0 Å². The Morgan fingerprint density at radius 3 is 2.65 bits per heavy atom. The number of aliphatic carboxylic acids is 1. The lowest BCUT2D eigenvalue weighted by Gasteiger charge is -2.43. The molecular formula is C26H32ClNO6. The van der Waals surface area contributed by atoms with Crippen LogP contribution >= 0.6 is 11.6 Å². The summed E-state index contributed by atoms with van der Waals surface area (Å²) in [6.07, 6.45) is 0.873. The number of nitrogens with one attached hydrogen (secondary N) is 1. The second kappa shape index (κ2) is 11.7. The van der Waals surface area contributed by atoms with Gasteiger partial charge in [0.25, 0.3) is 0 Å². The van der Waals surface area contributed by atoms with Crippen LogP contribution in [0.15, 0.2) is 42.5 Å². The molecule has 1 aliphatic heterocycles. The van der Waals surface area contributed by atoms with E-state index in [0.29, 0.717) is 35.8 Å². The van der Waals surface area contributed by atoms with Crippen LogP contribution in [0.3, 0.4) is 0 Å². The number of aliphatic hydroxyl groups excluding tert-OH is 1. The molecule has 3 N–H and O–H groups in total. The predicted molar refractivity (Wildman–Crippen MR) is 129 cm³/mol. The van der Waals surface area contributed by atoms with E-state index in [0.717, 1.165) is 17.5 Å². The van der Waals surface area contributed by atoms with Crippen LogP contribution in [-0.2, 0) is 20.7 Å². The standard InChI is InChI=1S/C26H32ClNO6/c1-3-11-33-21-8-7-17(13-25(31)32)12-20(21)23-16-26(2,28-24(30)9-10-29)15-22(34-23)18-5-4-6-19(27)14-18/h4-8,12,14,22-23,29H,3,9-11,13,15-16H2,1-2H3,(H,28,30)(H,31,32)/t22-,23+,26+/m0/s1. The van der Waals surface area contributed by atoms with Gasteiger partial charge in [-0.25, -0.2) is 0 Å². The minimum Gasteiger partial charge on any atom is -0.493 e. The Morgan fingerprint density at radius 2 is 1.97 bits per heavy atom. The monoisotopic (exact) mass is 489 g/mol. The molecule has 1 heterocycles. The van der Waals surface area contributed by atoms with Gasteiger partial charge in [-0.3, -0.25) is 9.59 Å². The fourth-order valence-corrected chi connectivity index (χ4v) is 4.56. The fraction of sp³-hybridized carbons (Fsp3) is 0.462. The van der Waals surface area contributed by atoms with Gasteiger partial charge in [-0.15, -0.1) is 0 Å². The third-order valence-electron chi connectivity index (χ3n) is 5.84. The Labute approximate surface area is 205 Å². The lowest BCUT2D eigenvalue weighted by atomic mass is 9.80. The minimum atomic E-state index is -0.921. The normalized spacial score (nSPS) is 22.2. The average Bonchev–Trinajstić information content (AvgIpc) is 2.77. The summed E-state index contributed by atoms with van der Waals surface area (Å²) in [4.78, 5) is 23.7. The van der Waals surface area contributed by atoms with E-state index in [1.54, 1.807) is 18.2 Å². The van der Waals surface area contributed by atoms with Crippen LogP contribution in [-0.4, -0.2) is 40.8 Å². The van der Waals surface area contributed by atoms with Crippen molar-refractivity contribution in [2.24, 2.45) is 0 Å². The van der Waals surface area contributed by atoms with Crippen LogP contribution in [0.1, 0.15) is 68.4 Å². The third kappa shape index (κ3) is 6.95. The highest BCUT2D eigenvalue weighted by molar-refractivity contribution is 6.30. The van der Waals surface area contributed by atoms with E-state index in [1.807, 2.05) is 38.1 Å². The zero-order valence-corrected chi connectivity index (χ0v) is 20.3. The van der Waals surface area contributed by atoms with Crippen molar-refractivity contribution in [3.63, 3.8) is 0 Å². The van der Waals surface area contributed by atoms with Gasteiger partial charge in [-0.05, 0) is 48.7 Å². The van der Waals surface area contributed by atoms with Gasteiger partial charge in [0.05, 0.1) is 31.8 Å². The lowest BCUT2D eigenvalue weighted by molar-refractivity contribution is -0.136. The number of ether oxygens (including phenoxy) is 2. The molecule has 0 aliphatic carbocycles. The average molecular weight is 490 g/mol. The summed E-state index contributed by atoms with van der Waals surface area (Å²) < 4.78 is 12.5. The smallest absolute Gasteiger partial charge is 0.307 e. The first kappa shape index (κ1) is 26.0. The molecule has 1 aliphatic rings. The molecule has 1 fully saturated rings. The van der Waals surface area contributed by atoms with Crippen LogP contribution < -0.4 is 10.1 Å². The highest BCUT2D eigenvalue weighted by Gasteiger charge is 2.41. The molecule has 2 aromatic rings. The number of amides is 1. The van der Waals surface area contributed by atoms with Gasteiger partial charge in [-0.1, -0.05) is 36.7 Å². The third-order valence-corrected chi connectivity index (χ3v) is 6.07. The first-order chi connectivity index (χ1) is 16.2. The Bertz CT molecular complexity index is 1010.